The van der Waals surface area contributed by atoms with Gasteiger partial charge in [-0.1, -0.05) is 48.8 Å². The molecule has 0 saturated heterocycles. The summed E-state index contributed by atoms with van der Waals surface area (Å²) in [5.41, 5.74) is 6.76. The van der Waals surface area contributed by atoms with Crippen LogP contribution in [0.5, 0.6) is 0 Å². The monoisotopic (exact) mass is 312 g/mol. The maximum Gasteiger partial charge on any atom is 0.237 e. The molecule has 100 valence electrons. The lowest BCUT2D eigenvalue weighted by atomic mass is 9.86. The minimum absolute atomic E-state index is 0.0426. The highest BCUT2D eigenvalue weighted by molar-refractivity contribution is 9.10. The highest BCUT2D eigenvalue weighted by Crippen LogP contribution is 2.20. The van der Waals surface area contributed by atoms with E-state index < -0.39 is 6.04 Å². The Morgan fingerprint density at radius 3 is 2.22 bits per heavy atom. The lowest BCUT2D eigenvalue weighted by Crippen LogP contribution is -2.49. The number of carbonyl (C=O) groups excluding carboxylic acids is 1. The van der Waals surface area contributed by atoms with Crippen LogP contribution >= 0.6 is 15.9 Å². The van der Waals surface area contributed by atoms with E-state index in [1.54, 1.807) is 0 Å². The summed E-state index contributed by atoms with van der Waals surface area (Å²) in [4.78, 5) is 12.0. The van der Waals surface area contributed by atoms with Gasteiger partial charge in [-0.15, -0.1) is 0 Å². The molecule has 1 aromatic carbocycles. The number of rotatable bonds is 3. The smallest absolute Gasteiger partial charge is 0.237 e. The van der Waals surface area contributed by atoms with Crippen LogP contribution in [0.25, 0.3) is 0 Å². The first-order valence-corrected chi connectivity index (χ1v) is 6.82. The molecule has 0 unspecified atom stereocenters. The summed E-state index contributed by atoms with van der Waals surface area (Å²) in [6.45, 7) is 7.83. The van der Waals surface area contributed by atoms with E-state index in [9.17, 15) is 4.79 Å². The Kier molecular flexibility index (Phi) is 4.93. The van der Waals surface area contributed by atoms with Crippen LogP contribution in [0.2, 0.25) is 0 Å². The average molecular weight is 313 g/mol. The molecule has 18 heavy (non-hydrogen) atoms. The van der Waals surface area contributed by atoms with Gasteiger partial charge in [-0.25, -0.2) is 0 Å². The maximum absolute atomic E-state index is 12.0. The van der Waals surface area contributed by atoms with Gasteiger partial charge >= 0.3 is 0 Å². The fourth-order valence-electron chi connectivity index (χ4n) is 1.53. The van der Waals surface area contributed by atoms with Crippen molar-refractivity contribution in [1.29, 1.82) is 0 Å². The third-order valence-corrected chi connectivity index (χ3v) is 3.47. The molecule has 4 heteroatoms. The Labute approximate surface area is 117 Å². The van der Waals surface area contributed by atoms with Crippen LogP contribution in [-0.2, 0) is 4.79 Å². The molecule has 0 spiro atoms. The number of nitrogens with two attached hydrogens (primary N) is 1. The van der Waals surface area contributed by atoms with Gasteiger partial charge in [0.2, 0.25) is 5.91 Å². The zero-order valence-electron chi connectivity index (χ0n) is 11.3. The summed E-state index contributed by atoms with van der Waals surface area (Å²) in [5, 5.41) is 2.94. The number of halogens is 1. The molecule has 0 heterocycles. The fraction of sp³-hybridized carbons (Fsp3) is 0.500. The first-order valence-electron chi connectivity index (χ1n) is 6.03. The molecule has 0 fully saturated rings. The van der Waals surface area contributed by atoms with Crippen molar-refractivity contribution >= 4 is 21.8 Å². The molecule has 2 atom stereocenters. The quantitative estimate of drug-likeness (QED) is 0.901. The number of hydrogen-bond donors (Lipinski definition) is 2. The number of nitrogens with one attached hydrogen (secondary N) is 1. The van der Waals surface area contributed by atoms with Crippen molar-refractivity contribution in [3.8, 4) is 0 Å². The van der Waals surface area contributed by atoms with Crippen LogP contribution in [0.1, 0.15) is 39.3 Å². The van der Waals surface area contributed by atoms with Crippen LogP contribution in [0.4, 0.5) is 0 Å². The molecular weight excluding hydrogens is 292 g/mol. The minimum Gasteiger partial charge on any atom is -0.348 e. The van der Waals surface area contributed by atoms with Gasteiger partial charge < -0.3 is 11.1 Å². The summed E-state index contributed by atoms with van der Waals surface area (Å²) >= 11 is 3.39. The molecular formula is C14H21BrN2O. The molecule has 0 aliphatic heterocycles. The summed E-state index contributed by atoms with van der Waals surface area (Å²) in [7, 11) is 0. The van der Waals surface area contributed by atoms with E-state index in [2.05, 4.69) is 21.2 Å². The zero-order valence-corrected chi connectivity index (χ0v) is 12.9. The lowest BCUT2D eigenvalue weighted by Gasteiger charge is -2.27. The molecule has 0 aliphatic carbocycles. The Bertz CT molecular complexity index is 409. The Morgan fingerprint density at radius 2 is 1.78 bits per heavy atom. The molecule has 1 rings (SSSR count). The van der Waals surface area contributed by atoms with Crippen molar-refractivity contribution in [3.63, 3.8) is 0 Å². The normalized spacial score (nSPS) is 15.0. The zero-order chi connectivity index (χ0) is 13.9. The maximum atomic E-state index is 12.0. The molecule has 0 aromatic heterocycles. The van der Waals surface area contributed by atoms with E-state index in [0.717, 1.165) is 10.0 Å². The van der Waals surface area contributed by atoms with Crippen LogP contribution in [0, 0.1) is 5.41 Å². The van der Waals surface area contributed by atoms with Gasteiger partial charge in [-0.2, -0.15) is 0 Å². The van der Waals surface area contributed by atoms with E-state index in [1.165, 1.54) is 0 Å². The summed E-state index contributed by atoms with van der Waals surface area (Å²) < 4.78 is 1.02. The molecule has 0 radical (unpaired) electrons. The van der Waals surface area contributed by atoms with Crippen LogP contribution in [-0.4, -0.2) is 11.9 Å². The van der Waals surface area contributed by atoms with Gasteiger partial charge in [0, 0.05) is 4.47 Å². The fourth-order valence-corrected chi connectivity index (χ4v) is 1.80. The van der Waals surface area contributed by atoms with Crippen molar-refractivity contribution in [2.24, 2.45) is 11.1 Å². The highest BCUT2D eigenvalue weighted by Gasteiger charge is 2.28. The summed E-state index contributed by atoms with van der Waals surface area (Å²) in [6, 6.07) is 7.34. The molecule has 1 aromatic rings. The summed E-state index contributed by atoms with van der Waals surface area (Å²) in [5.74, 6) is -0.113. The average Bonchev–Trinajstić information content (AvgIpc) is 2.27. The van der Waals surface area contributed by atoms with Gasteiger partial charge in [-0.3, -0.25) is 4.79 Å². The SMILES string of the molecule is C[C@@H](NC(=O)[C@@H](N)C(C)(C)C)c1ccc(Br)cc1. The molecule has 1 amide bonds. The lowest BCUT2D eigenvalue weighted by molar-refractivity contribution is -0.125. The van der Waals surface area contributed by atoms with Crippen LogP contribution in [0.15, 0.2) is 28.7 Å². The Balaban J connectivity index is 2.68. The number of amides is 1. The van der Waals surface area contributed by atoms with Crippen molar-refractivity contribution in [1.82, 2.24) is 5.32 Å². The minimum atomic E-state index is -0.504. The molecule has 3 N–H and O–H groups in total. The van der Waals surface area contributed by atoms with E-state index in [4.69, 9.17) is 5.73 Å². The Morgan fingerprint density at radius 1 is 1.28 bits per heavy atom. The number of hydrogen-bond acceptors (Lipinski definition) is 2. The van der Waals surface area contributed by atoms with Crippen LogP contribution in [0.3, 0.4) is 0 Å². The number of carbonyl (C=O) groups is 1. The van der Waals surface area contributed by atoms with E-state index >= 15 is 0 Å². The van der Waals surface area contributed by atoms with Gasteiger partial charge in [0.25, 0.3) is 0 Å². The first kappa shape index (κ1) is 15.2. The highest BCUT2D eigenvalue weighted by atomic mass is 79.9. The van der Waals surface area contributed by atoms with E-state index in [1.807, 2.05) is 52.0 Å². The third-order valence-electron chi connectivity index (χ3n) is 2.94. The van der Waals surface area contributed by atoms with Gasteiger partial charge in [-0.05, 0) is 30.0 Å². The van der Waals surface area contributed by atoms with Gasteiger partial charge in [0.05, 0.1) is 12.1 Å². The van der Waals surface area contributed by atoms with Crippen molar-refractivity contribution in [2.75, 3.05) is 0 Å². The second kappa shape index (κ2) is 5.85. The van der Waals surface area contributed by atoms with Gasteiger partial charge in [0.1, 0.15) is 0 Å². The third kappa shape index (κ3) is 4.10. The van der Waals surface area contributed by atoms with Crippen LogP contribution < -0.4 is 11.1 Å². The van der Waals surface area contributed by atoms with E-state index in [-0.39, 0.29) is 17.4 Å². The standard InChI is InChI=1S/C14H21BrN2O/c1-9(10-5-7-11(15)8-6-10)17-13(18)12(16)14(2,3)4/h5-9,12H,16H2,1-4H3,(H,17,18)/t9-,12-/m1/s1. The van der Waals surface area contributed by atoms with Crippen molar-refractivity contribution < 1.29 is 4.79 Å². The second-order valence-electron chi connectivity index (χ2n) is 5.63. The largest absolute Gasteiger partial charge is 0.348 e. The first-order chi connectivity index (χ1) is 8.21. The van der Waals surface area contributed by atoms with E-state index in [0.29, 0.717) is 0 Å². The van der Waals surface area contributed by atoms with Crippen molar-refractivity contribution in [3.05, 3.63) is 34.3 Å². The molecule has 0 bridgehead atoms. The Hall–Kier alpha value is -0.870. The molecule has 0 saturated carbocycles. The predicted molar refractivity (Wildman–Crippen MR) is 78.1 cm³/mol. The second-order valence-corrected chi connectivity index (χ2v) is 6.54. The predicted octanol–water partition coefficient (Wildman–Crippen LogP) is 3.00. The number of benzene rings is 1. The molecule has 3 nitrogen and oxygen atoms in total. The topological polar surface area (TPSA) is 55.1 Å². The van der Waals surface area contributed by atoms with Crippen molar-refractivity contribution in [2.45, 2.75) is 39.8 Å². The van der Waals surface area contributed by atoms with Gasteiger partial charge in [0.15, 0.2) is 0 Å². The summed E-state index contributed by atoms with van der Waals surface area (Å²) in [6.07, 6.45) is 0. The molecule has 0 aliphatic rings.